The molecule has 3 rings (SSSR count). The lowest BCUT2D eigenvalue weighted by atomic mass is 9.99. The van der Waals surface area contributed by atoms with Crippen molar-refractivity contribution in [1.29, 1.82) is 0 Å². The van der Waals surface area contributed by atoms with Gasteiger partial charge >= 0.3 is 5.97 Å². The van der Waals surface area contributed by atoms with E-state index >= 15 is 0 Å². The molecule has 0 aliphatic carbocycles. The quantitative estimate of drug-likeness (QED) is 0.750. The van der Waals surface area contributed by atoms with Crippen LogP contribution in [0.5, 0.6) is 5.75 Å². The van der Waals surface area contributed by atoms with Crippen LogP contribution < -0.4 is 10.1 Å². The molecule has 9 nitrogen and oxygen atoms in total. The van der Waals surface area contributed by atoms with Crippen LogP contribution >= 0.6 is 0 Å². The van der Waals surface area contributed by atoms with Gasteiger partial charge in [0.05, 0.1) is 26.8 Å². The van der Waals surface area contributed by atoms with E-state index in [1.54, 1.807) is 31.4 Å². The number of aromatic nitrogens is 3. The van der Waals surface area contributed by atoms with E-state index < -0.39 is 0 Å². The van der Waals surface area contributed by atoms with Gasteiger partial charge in [-0.05, 0) is 44.7 Å². The molecule has 1 aliphatic heterocycles. The number of likely N-dealkylation sites (N-methyl/N-ethyl adjacent to an activating group) is 1. The Morgan fingerprint density at radius 2 is 2.00 bits per heavy atom. The zero-order valence-electron chi connectivity index (χ0n) is 16.5. The van der Waals surface area contributed by atoms with Crippen LogP contribution in [0, 0.1) is 0 Å². The summed E-state index contributed by atoms with van der Waals surface area (Å²) in [4.78, 5) is 30.4. The van der Waals surface area contributed by atoms with Crippen LogP contribution in [0.15, 0.2) is 24.3 Å². The maximum atomic E-state index is 12.4. The first kappa shape index (κ1) is 19.8. The number of anilines is 1. The van der Waals surface area contributed by atoms with Crippen molar-refractivity contribution in [3.8, 4) is 5.75 Å². The van der Waals surface area contributed by atoms with Crippen molar-refractivity contribution in [2.24, 2.45) is 0 Å². The average Bonchev–Trinajstić information content (AvgIpc) is 3.11. The Hall–Kier alpha value is -2.94. The highest BCUT2D eigenvalue weighted by Crippen LogP contribution is 2.27. The number of amides is 1. The second-order valence-electron chi connectivity index (χ2n) is 6.82. The van der Waals surface area contributed by atoms with E-state index in [9.17, 15) is 9.59 Å². The third kappa shape index (κ3) is 4.14. The molecule has 0 bridgehead atoms. The highest BCUT2D eigenvalue weighted by atomic mass is 16.5. The molecule has 0 saturated heterocycles. The van der Waals surface area contributed by atoms with Gasteiger partial charge in [-0.2, -0.15) is 4.98 Å². The Morgan fingerprint density at radius 3 is 2.64 bits per heavy atom. The maximum Gasteiger partial charge on any atom is 0.319 e. The fourth-order valence-corrected chi connectivity index (χ4v) is 3.48. The molecule has 9 heteroatoms. The first-order chi connectivity index (χ1) is 13.4. The molecule has 1 aromatic carbocycles. The lowest BCUT2D eigenvalue weighted by Crippen LogP contribution is -2.44. The molecule has 2 unspecified atom stereocenters. The zero-order chi connectivity index (χ0) is 20.3. The molecule has 28 heavy (non-hydrogen) atoms. The number of rotatable bonds is 6. The Bertz CT molecular complexity index is 849. The van der Waals surface area contributed by atoms with E-state index in [4.69, 9.17) is 9.47 Å². The van der Waals surface area contributed by atoms with E-state index in [0.717, 1.165) is 12.2 Å². The molecule has 1 aromatic heterocycles. The fourth-order valence-electron chi connectivity index (χ4n) is 3.48. The third-order valence-electron chi connectivity index (χ3n) is 5.06. The second kappa shape index (κ2) is 8.39. The summed E-state index contributed by atoms with van der Waals surface area (Å²) in [5.41, 5.74) is 0.498. The molecule has 1 amide bonds. The number of esters is 1. The minimum absolute atomic E-state index is 0.0116. The Kier molecular flexibility index (Phi) is 5.93. The van der Waals surface area contributed by atoms with Gasteiger partial charge in [-0.25, -0.2) is 4.68 Å². The Morgan fingerprint density at radius 1 is 1.29 bits per heavy atom. The topological polar surface area (TPSA) is 98.6 Å². The van der Waals surface area contributed by atoms with Crippen molar-refractivity contribution >= 4 is 17.8 Å². The van der Waals surface area contributed by atoms with Gasteiger partial charge in [0.25, 0.3) is 5.91 Å². The number of ether oxygens (including phenoxy) is 2. The summed E-state index contributed by atoms with van der Waals surface area (Å²) in [6, 6.07) is 6.96. The Balaban J connectivity index is 1.70. The van der Waals surface area contributed by atoms with Crippen molar-refractivity contribution in [1.82, 2.24) is 19.7 Å². The van der Waals surface area contributed by atoms with Gasteiger partial charge in [0, 0.05) is 18.0 Å². The van der Waals surface area contributed by atoms with Gasteiger partial charge in [0.2, 0.25) is 5.95 Å². The molecule has 2 heterocycles. The highest BCUT2D eigenvalue weighted by Gasteiger charge is 2.32. The standard InChI is InChI=1S/C19H25N5O4/c1-12-15(23(2)11-17(25)28-4)9-10-16-20-19(22-24(12)16)21-18(26)13-5-7-14(27-3)8-6-13/h5-8,12,15H,9-11H2,1-4H3,(H,21,22,26). The maximum absolute atomic E-state index is 12.4. The van der Waals surface area contributed by atoms with Gasteiger partial charge in [0.1, 0.15) is 11.6 Å². The molecule has 1 N–H and O–H groups in total. The van der Waals surface area contributed by atoms with Gasteiger partial charge in [-0.15, -0.1) is 5.10 Å². The average molecular weight is 387 g/mol. The third-order valence-corrected chi connectivity index (χ3v) is 5.06. The number of fused-ring (bicyclic) bond motifs is 1. The molecule has 150 valence electrons. The van der Waals surface area contributed by atoms with Crippen LogP contribution in [0.2, 0.25) is 0 Å². The SMILES string of the molecule is COC(=O)CN(C)C1CCc2nc(NC(=O)c3ccc(OC)cc3)nn2C1C. The molecular weight excluding hydrogens is 362 g/mol. The number of benzene rings is 1. The summed E-state index contributed by atoms with van der Waals surface area (Å²) in [5.74, 6) is 1.23. The number of aryl methyl sites for hydroxylation is 1. The lowest BCUT2D eigenvalue weighted by molar-refractivity contribution is -0.142. The van der Waals surface area contributed by atoms with Gasteiger partial charge < -0.3 is 9.47 Å². The van der Waals surface area contributed by atoms with Crippen LogP contribution in [-0.4, -0.2) is 65.4 Å². The number of carbonyl (C=O) groups is 2. The zero-order valence-corrected chi connectivity index (χ0v) is 16.5. The molecule has 1 aliphatic rings. The van der Waals surface area contributed by atoms with Crippen LogP contribution in [0.3, 0.4) is 0 Å². The van der Waals surface area contributed by atoms with E-state index in [1.165, 1.54) is 7.11 Å². The van der Waals surface area contributed by atoms with E-state index in [-0.39, 0.29) is 36.5 Å². The van der Waals surface area contributed by atoms with Crippen molar-refractivity contribution in [2.75, 3.05) is 33.1 Å². The molecule has 0 radical (unpaired) electrons. The van der Waals surface area contributed by atoms with Crippen LogP contribution in [0.25, 0.3) is 0 Å². The second-order valence-corrected chi connectivity index (χ2v) is 6.82. The number of methoxy groups -OCH3 is 2. The molecule has 2 atom stereocenters. The lowest BCUT2D eigenvalue weighted by Gasteiger charge is -2.35. The minimum Gasteiger partial charge on any atom is -0.497 e. The van der Waals surface area contributed by atoms with Gasteiger partial charge in [0.15, 0.2) is 0 Å². The van der Waals surface area contributed by atoms with Crippen LogP contribution in [0.1, 0.15) is 35.6 Å². The summed E-state index contributed by atoms with van der Waals surface area (Å²) in [6.45, 7) is 2.25. The van der Waals surface area contributed by atoms with Crippen molar-refractivity contribution in [3.05, 3.63) is 35.7 Å². The van der Waals surface area contributed by atoms with Crippen LogP contribution in [0.4, 0.5) is 5.95 Å². The van der Waals surface area contributed by atoms with E-state index in [2.05, 4.69) is 15.4 Å². The highest BCUT2D eigenvalue weighted by molar-refractivity contribution is 6.03. The van der Waals surface area contributed by atoms with Crippen molar-refractivity contribution < 1.29 is 19.1 Å². The van der Waals surface area contributed by atoms with Gasteiger partial charge in [-0.3, -0.25) is 19.8 Å². The smallest absolute Gasteiger partial charge is 0.319 e. The number of hydrogen-bond acceptors (Lipinski definition) is 7. The van der Waals surface area contributed by atoms with Crippen molar-refractivity contribution in [2.45, 2.75) is 31.8 Å². The number of hydrogen-bond donors (Lipinski definition) is 1. The molecule has 2 aromatic rings. The number of carbonyl (C=O) groups excluding carboxylic acids is 2. The van der Waals surface area contributed by atoms with Crippen LogP contribution in [-0.2, 0) is 16.0 Å². The minimum atomic E-state index is -0.280. The summed E-state index contributed by atoms with van der Waals surface area (Å²) in [6.07, 6.45) is 1.56. The molecule has 0 spiro atoms. The predicted molar refractivity (Wildman–Crippen MR) is 102 cm³/mol. The first-order valence-corrected chi connectivity index (χ1v) is 9.10. The predicted octanol–water partition coefficient (Wildman–Crippen LogP) is 1.52. The van der Waals surface area contributed by atoms with Crippen molar-refractivity contribution in [3.63, 3.8) is 0 Å². The molecule has 0 saturated carbocycles. The number of nitrogens with one attached hydrogen (secondary N) is 1. The monoisotopic (exact) mass is 387 g/mol. The molecular formula is C19H25N5O4. The van der Waals surface area contributed by atoms with E-state index in [1.807, 2.05) is 23.6 Å². The largest absolute Gasteiger partial charge is 0.497 e. The number of nitrogens with zero attached hydrogens (tertiary/aromatic N) is 4. The van der Waals surface area contributed by atoms with Gasteiger partial charge in [-0.1, -0.05) is 0 Å². The van der Waals surface area contributed by atoms with E-state index in [0.29, 0.717) is 17.7 Å². The normalized spacial score (nSPS) is 18.5. The summed E-state index contributed by atoms with van der Waals surface area (Å²) >= 11 is 0. The molecule has 0 fully saturated rings. The summed E-state index contributed by atoms with van der Waals surface area (Å²) < 4.78 is 11.7. The summed E-state index contributed by atoms with van der Waals surface area (Å²) in [5, 5.41) is 7.22. The summed E-state index contributed by atoms with van der Waals surface area (Å²) in [7, 11) is 4.85. The fraction of sp³-hybridized carbons (Fsp3) is 0.474. The Labute approximate surface area is 163 Å². The first-order valence-electron chi connectivity index (χ1n) is 9.10.